The van der Waals surface area contributed by atoms with E-state index < -0.39 is 0 Å². The van der Waals surface area contributed by atoms with E-state index in [0.717, 1.165) is 12.0 Å². The van der Waals surface area contributed by atoms with Gasteiger partial charge in [0, 0.05) is 44.0 Å². The number of fused-ring (bicyclic) bond motifs is 1. The van der Waals surface area contributed by atoms with Crippen molar-refractivity contribution in [1.29, 1.82) is 0 Å². The zero-order valence-electron chi connectivity index (χ0n) is 16.3. The summed E-state index contributed by atoms with van der Waals surface area (Å²) in [5, 5.41) is 5.49. The SMILES string of the molecule is CC(=O)Nc1ccc(CNC(=O)CCC(=O)c2ccc3c(c2)OCCCO3)cc1. The number of hydrogen-bond acceptors (Lipinski definition) is 5. The van der Waals surface area contributed by atoms with Crippen LogP contribution in [0.3, 0.4) is 0 Å². The number of benzene rings is 2. The first kappa shape index (κ1) is 20.4. The second-order valence-corrected chi connectivity index (χ2v) is 6.79. The molecule has 0 aromatic heterocycles. The lowest BCUT2D eigenvalue weighted by atomic mass is 10.1. The van der Waals surface area contributed by atoms with Crippen LogP contribution in [-0.4, -0.2) is 30.8 Å². The van der Waals surface area contributed by atoms with Crippen molar-refractivity contribution in [3.05, 3.63) is 53.6 Å². The predicted octanol–water partition coefficient (Wildman–Crippen LogP) is 3.09. The van der Waals surface area contributed by atoms with Crippen molar-refractivity contribution in [2.45, 2.75) is 32.7 Å². The lowest BCUT2D eigenvalue weighted by Crippen LogP contribution is -2.23. The van der Waals surface area contributed by atoms with Gasteiger partial charge in [0.1, 0.15) is 0 Å². The zero-order valence-corrected chi connectivity index (χ0v) is 16.3. The highest BCUT2D eigenvalue weighted by atomic mass is 16.5. The summed E-state index contributed by atoms with van der Waals surface area (Å²) in [7, 11) is 0. The minimum Gasteiger partial charge on any atom is -0.490 e. The molecule has 0 saturated heterocycles. The molecule has 2 amide bonds. The molecule has 2 N–H and O–H groups in total. The van der Waals surface area contributed by atoms with Gasteiger partial charge >= 0.3 is 0 Å². The molecule has 2 aromatic carbocycles. The third-order valence-corrected chi connectivity index (χ3v) is 4.41. The lowest BCUT2D eigenvalue weighted by molar-refractivity contribution is -0.121. The normalized spacial score (nSPS) is 12.6. The van der Waals surface area contributed by atoms with Gasteiger partial charge in [0.2, 0.25) is 11.8 Å². The molecule has 0 atom stereocenters. The molecular formula is C22H24N2O5. The van der Waals surface area contributed by atoms with Crippen LogP contribution < -0.4 is 20.1 Å². The Bertz CT molecular complexity index is 893. The summed E-state index contributed by atoms with van der Waals surface area (Å²) in [4.78, 5) is 35.5. The Hall–Kier alpha value is -3.35. The zero-order chi connectivity index (χ0) is 20.6. The summed E-state index contributed by atoms with van der Waals surface area (Å²) in [6, 6.07) is 12.3. The van der Waals surface area contributed by atoms with Gasteiger partial charge in [0.15, 0.2) is 17.3 Å². The van der Waals surface area contributed by atoms with Crippen molar-refractivity contribution in [3.63, 3.8) is 0 Å². The molecule has 1 heterocycles. The monoisotopic (exact) mass is 396 g/mol. The van der Waals surface area contributed by atoms with E-state index >= 15 is 0 Å². The minimum absolute atomic E-state index is 0.108. The Morgan fingerprint density at radius 3 is 2.38 bits per heavy atom. The van der Waals surface area contributed by atoms with Crippen LogP contribution in [0.2, 0.25) is 0 Å². The molecule has 7 heteroatoms. The molecule has 0 aliphatic carbocycles. The second-order valence-electron chi connectivity index (χ2n) is 6.79. The van der Waals surface area contributed by atoms with Gasteiger partial charge in [-0.25, -0.2) is 0 Å². The number of Topliss-reactive ketones (excluding diaryl/α,β-unsaturated/α-hetero) is 1. The van der Waals surface area contributed by atoms with E-state index in [1.807, 2.05) is 12.1 Å². The fourth-order valence-corrected chi connectivity index (χ4v) is 2.91. The number of amides is 2. The minimum atomic E-state index is -0.196. The molecule has 0 bridgehead atoms. The highest BCUT2D eigenvalue weighted by Crippen LogP contribution is 2.30. The van der Waals surface area contributed by atoms with E-state index in [0.29, 0.717) is 42.5 Å². The third kappa shape index (κ3) is 6.07. The van der Waals surface area contributed by atoms with Gasteiger partial charge < -0.3 is 20.1 Å². The molecule has 0 fully saturated rings. The van der Waals surface area contributed by atoms with Crippen LogP contribution in [0, 0.1) is 0 Å². The van der Waals surface area contributed by atoms with Crippen molar-refractivity contribution in [1.82, 2.24) is 5.32 Å². The Kier molecular flexibility index (Phi) is 6.84. The van der Waals surface area contributed by atoms with Gasteiger partial charge in [-0.1, -0.05) is 12.1 Å². The predicted molar refractivity (Wildman–Crippen MR) is 108 cm³/mol. The first-order chi connectivity index (χ1) is 14.0. The fourth-order valence-electron chi connectivity index (χ4n) is 2.91. The quantitative estimate of drug-likeness (QED) is 0.702. The average Bonchev–Trinajstić information content (AvgIpc) is 2.96. The van der Waals surface area contributed by atoms with Crippen molar-refractivity contribution < 1.29 is 23.9 Å². The average molecular weight is 396 g/mol. The first-order valence-electron chi connectivity index (χ1n) is 9.57. The van der Waals surface area contributed by atoms with Crippen molar-refractivity contribution in [2.75, 3.05) is 18.5 Å². The van der Waals surface area contributed by atoms with Crippen LogP contribution in [0.4, 0.5) is 5.69 Å². The number of anilines is 1. The maximum absolute atomic E-state index is 12.4. The lowest BCUT2D eigenvalue weighted by Gasteiger charge is -2.09. The van der Waals surface area contributed by atoms with Crippen LogP contribution in [0.5, 0.6) is 11.5 Å². The van der Waals surface area contributed by atoms with Crippen LogP contribution in [-0.2, 0) is 16.1 Å². The van der Waals surface area contributed by atoms with E-state index in [9.17, 15) is 14.4 Å². The highest BCUT2D eigenvalue weighted by molar-refractivity contribution is 5.98. The Morgan fingerprint density at radius 1 is 0.931 bits per heavy atom. The molecule has 3 rings (SSSR count). The van der Waals surface area contributed by atoms with Gasteiger partial charge in [-0.05, 0) is 35.9 Å². The summed E-state index contributed by atoms with van der Waals surface area (Å²) in [6.45, 7) is 2.95. The van der Waals surface area contributed by atoms with Crippen molar-refractivity contribution >= 4 is 23.3 Å². The van der Waals surface area contributed by atoms with Crippen LogP contribution in [0.15, 0.2) is 42.5 Å². The molecule has 0 spiro atoms. The van der Waals surface area contributed by atoms with Crippen molar-refractivity contribution in [2.24, 2.45) is 0 Å². The molecule has 7 nitrogen and oxygen atoms in total. The molecule has 2 aromatic rings. The summed E-state index contributed by atoms with van der Waals surface area (Å²) < 4.78 is 11.2. The van der Waals surface area contributed by atoms with Crippen LogP contribution >= 0.6 is 0 Å². The van der Waals surface area contributed by atoms with Gasteiger partial charge in [-0.2, -0.15) is 0 Å². The number of ketones is 1. The maximum atomic E-state index is 12.4. The number of ether oxygens (including phenoxy) is 2. The topological polar surface area (TPSA) is 93.7 Å². The van der Waals surface area contributed by atoms with E-state index in [2.05, 4.69) is 10.6 Å². The molecule has 29 heavy (non-hydrogen) atoms. The molecule has 0 radical (unpaired) electrons. The van der Waals surface area contributed by atoms with E-state index in [-0.39, 0.29) is 30.4 Å². The number of rotatable bonds is 7. The number of nitrogens with one attached hydrogen (secondary N) is 2. The van der Waals surface area contributed by atoms with Crippen LogP contribution in [0.1, 0.15) is 42.1 Å². The van der Waals surface area contributed by atoms with Gasteiger partial charge in [0.25, 0.3) is 0 Å². The van der Waals surface area contributed by atoms with Gasteiger partial charge in [-0.3, -0.25) is 14.4 Å². The van der Waals surface area contributed by atoms with E-state index in [1.165, 1.54) is 6.92 Å². The summed E-state index contributed by atoms with van der Waals surface area (Å²) in [6.07, 6.45) is 1.03. The first-order valence-corrected chi connectivity index (χ1v) is 9.57. The van der Waals surface area contributed by atoms with Crippen LogP contribution in [0.25, 0.3) is 0 Å². The smallest absolute Gasteiger partial charge is 0.221 e. The molecule has 1 aliphatic rings. The van der Waals surface area contributed by atoms with E-state index in [1.54, 1.807) is 30.3 Å². The largest absolute Gasteiger partial charge is 0.490 e. The second kappa shape index (κ2) is 9.73. The highest BCUT2D eigenvalue weighted by Gasteiger charge is 2.15. The van der Waals surface area contributed by atoms with Gasteiger partial charge in [-0.15, -0.1) is 0 Å². The summed E-state index contributed by atoms with van der Waals surface area (Å²) >= 11 is 0. The number of carbonyl (C=O) groups excluding carboxylic acids is 3. The van der Waals surface area contributed by atoms with Crippen molar-refractivity contribution in [3.8, 4) is 11.5 Å². The molecule has 152 valence electrons. The Balaban J connectivity index is 1.46. The molecule has 0 unspecified atom stereocenters. The summed E-state index contributed by atoms with van der Waals surface area (Å²) in [5.74, 6) is 0.764. The standard InChI is InChI=1S/C22H24N2O5/c1-15(25)24-18-6-3-16(4-7-18)14-23-22(27)10-8-19(26)17-5-9-20-21(13-17)29-12-2-11-28-20/h3-7,9,13H,2,8,10-12,14H2,1H3,(H,23,27)(H,24,25). The number of carbonyl (C=O) groups is 3. The molecular weight excluding hydrogens is 372 g/mol. The maximum Gasteiger partial charge on any atom is 0.221 e. The van der Waals surface area contributed by atoms with Gasteiger partial charge in [0.05, 0.1) is 13.2 Å². The molecule has 0 saturated carbocycles. The Labute approximate surface area is 169 Å². The number of hydrogen-bond donors (Lipinski definition) is 2. The Morgan fingerprint density at radius 2 is 1.66 bits per heavy atom. The fraction of sp³-hybridized carbons (Fsp3) is 0.318. The van der Waals surface area contributed by atoms with E-state index in [4.69, 9.17) is 9.47 Å². The molecule has 1 aliphatic heterocycles. The summed E-state index contributed by atoms with van der Waals surface area (Å²) in [5.41, 5.74) is 2.12. The third-order valence-electron chi connectivity index (χ3n) is 4.41.